The highest BCUT2D eigenvalue weighted by Crippen LogP contribution is 2.47. The van der Waals surface area contributed by atoms with E-state index in [4.69, 9.17) is 9.96 Å². The third-order valence-corrected chi connectivity index (χ3v) is 10.3. The Labute approximate surface area is 146 Å². The van der Waals surface area contributed by atoms with Crippen LogP contribution in [0.25, 0.3) is 10.4 Å². The molecule has 138 valence electrons. The van der Waals surface area contributed by atoms with Gasteiger partial charge in [0.1, 0.15) is 0 Å². The molecule has 0 aromatic carbocycles. The summed E-state index contributed by atoms with van der Waals surface area (Å²) >= 11 is 0. The van der Waals surface area contributed by atoms with Crippen LogP contribution in [0.3, 0.4) is 0 Å². The second-order valence-electron chi connectivity index (χ2n) is 9.27. The van der Waals surface area contributed by atoms with Gasteiger partial charge >= 0.3 is 6.09 Å². The number of carboxylic acid groups (broad SMARTS) is 1. The summed E-state index contributed by atoms with van der Waals surface area (Å²) in [5.74, 6) is 0. The fourth-order valence-electron chi connectivity index (χ4n) is 3.11. The van der Waals surface area contributed by atoms with Gasteiger partial charge in [0.15, 0.2) is 8.32 Å². The van der Waals surface area contributed by atoms with E-state index in [-0.39, 0.29) is 23.1 Å². The number of nitrogens with zero attached hydrogens (tertiary/aromatic N) is 4. The molecule has 1 saturated heterocycles. The number of amides is 1. The molecule has 0 spiro atoms. The standard InChI is InChI=1S/C16H32N4O3Si/c1-14(2,3)16(11-18-19-17)9-12(10-20(16)13(21)22)23-24(7,8)15(4,5)6/h12H,9-11H2,1-8H3,(H,21,22)/t12-,16-/m0/s1. The minimum atomic E-state index is -2.01. The quantitative estimate of drug-likeness (QED) is 0.337. The van der Waals surface area contributed by atoms with Crippen molar-refractivity contribution in [1.29, 1.82) is 0 Å². The predicted octanol–water partition coefficient (Wildman–Crippen LogP) is 4.86. The van der Waals surface area contributed by atoms with E-state index in [1.165, 1.54) is 4.90 Å². The Balaban J connectivity index is 3.21. The maximum Gasteiger partial charge on any atom is 0.407 e. The first-order chi connectivity index (χ1) is 10.7. The highest BCUT2D eigenvalue weighted by molar-refractivity contribution is 6.74. The van der Waals surface area contributed by atoms with Crippen molar-refractivity contribution >= 4 is 14.4 Å². The molecule has 24 heavy (non-hydrogen) atoms. The van der Waals surface area contributed by atoms with Crippen LogP contribution in [-0.4, -0.2) is 49.1 Å². The van der Waals surface area contributed by atoms with E-state index in [9.17, 15) is 9.90 Å². The molecule has 1 N–H and O–H groups in total. The SMILES string of the molecule is CC(C)(C)[C@@]1(CN=[N+]=[N-])C[C@H](O[Si](C)(C)C(C)(C)C)CN1C(=O)O. The van der Waals surface area contributed by atoms with Crippen LogP contribution in [0, 0.1) is 5.41 Å². The van der Waals surface area contributed by atoms with Gasteiger partial charge in [-0.3, -0.25) is 4.90 Å². The number of likely N-dealkylation sites (tertiary alicyclic amines) is 1. The zero-order valence-corrected chi connectivity index (χ0v) is 17.3. The van der Waals surface area contributed by atoms with Crippen molar-refractivity contribution in [2.75, 3.05) is 13.1 Å². The third kappa shape index (κ3) is 3.87. The van der Waals surface area contributed by atoms with E-state index in [0.717, 1.165) is 0 Å². The normalized spacial score (nSPS) is 25.5. The van der Waals surface area contributed by atoms with Gasteiger partial charge in [0.25, 0.3) is 0 Å². The van der Waals surface area contributed by atoms with Gasteiger partial charge < -0.3 is 9.53 Å². The van der Waals surface area contributed by atoms with Gasteiger partial charge in [-0.15, -0.1) is 0 Å². The second-order valence-corrected chi connectivity index (χ2v) is 14.0. The molecule has 1 heterocycles. The smallest absolute Gasteiger partial charge is 0.407 e. The van der Waals surface area contributed by atoms with Gasteiger partial charge in [-0.05, 0) is 35.5 Å². The summed E-state index contributed by atoms with van der Waals surface area (Å²) in [4.78, 5) is 16.2. The van der Waals surface area contributed by atoms with Crippen LogP contribution >= 0.6 is 0 Å². The Bertz CT molecular complexity index is 532. The van der Waals surface area contributed by atoms with Crippen LogP contribution in [0.2, 0.25) is 18.1 Å². The summed E-state index contributed by atoms with van der Waals surface area (Å²) < 4.78 is 6.47. The van der Waals surface area contributed by atoms with Crippen LogP contribution in [-0.2, 0) is 4.43 Å². The van der Waals surface area contributed by atoms with Gasteiger partial charge in [-0.2, -0.15) is 0 Å². The number of rotatable bonds is 4. The highest BCUT2D eigenvalue weighted by atomic mass is 28.4. The molecule has 8 heteroatoms. The van der Waals surface area contributed by atoms with Crippen LogP contribution in [0.4, 0.5) is 4.79 Å². The van der Waals surface area contributed by atoms with Crippen molar-refractivity contribution in [3.63, 3.8) is 0 Å². The first-order valence-electron chi connectivity index (χ1n) is 8.37. The average Bonchev–Trinajstić information content (AvgIpc) is 2.73. The molecule has 0 bridgehead atoms. The monoisotopic (exact) mass is 356 g/mol. The van der Waals surface area contributed by atoms with Gasteiger partial charge in [-0.25, -0.2) is 4.79 Å². The lowest BCUT2D eigenvalue weighted by molar-refractivity contribution is 0.0368. The van der Waals surface area contributed by atoms with Crippen LogP contribution < -0.4 is 0 Å². The van der Waals surface area contributed by atoms with Crippen molar-refractivity contribution in [1.82, 2.24) is 4.90 Å². The zero-order chi connectivity index (χ0) is 19.0. The Morgan fingerprint density at radius 2 is 1.92 bits per heavy atom. The molecule has 2 atom stereocenters. The van der Waals surface area contributed by atoms with Gasteiger partial charge in [0, 0.05) is 18.0 Å². The van der Waals surface area contributed by atoms with Crippen molar-refractivity contribution in [3.8, 4) is 0 Å². The van der Waals surface area contributed by atoms with Crippen LogP contribution in [0.15, 0.2) is 5.11 Å². The van der Waals surface area contributed by atoms with Gasteiger partial charge in [0.05, 0.1) is 11.6 Å². The fraction of sp³-hybridized carbons (Fsp3) is 0.938. The Hall–Kier alpha value is -1.24. The number of azide groups is 1. The van der Waals surface area contributed by atoms with Gasteiger partial charge in [-0.1, -0.05) is 46.7 Å². The lowest BCUT2D eigenvalue weighted by atomic mass is 9.71. The third-order valence-electron chi connectivity index (χ3n) is 5.76. The zero-order valence-electron chi connectivity index (χ0n) is 16.3. The molecule has 7 nitrogen and oxygen atoms in total. The maximum absolute atomic E-state index is 11.9. The lowest BCUT2D eigenvalue weighted by Gasteiger charge is -2.46. The Morgan fingerprint density at radius 3 is 2.29 bits per heavy atom. The molecular weight excluding hydrogens is 324 g/mol. The first kappa shape index (κ1) is 20.8. The molecule has 1 aliphatic rings. The van der Waals surface area contributed by atoms with Crippen molar-refractivity contribution in [2.45, 2.75) is 77.7 Å². The Kier molecular flexibility index (Phi) is 5.70. The highest BCUT2D eigenvalue weighted by Gasteiger charge is 2.56. The van der Waals surface area contributed by atoms with E-state index in [1.807, 2.05) is 20.8 Å². The molecule has 0 aliphatic carbocycles. The molecule has 1 aliphatic heterocycles. The lowest BCUT2D eigenvalue weighted by Crippen LogP contribution is -2.57. The molecular formula is C16H32N4O3Si. The number of hydrogen-bond acceptors (Lipinski definition) is 3. The summed E-state index contributed by atoms with van der Waals surface area (Å²) in [7, 11) is -2.01. The largest absolute Gasteiger partial charge is 0.465 e. The summed E-state index contributed by atoms with van der Waals surface area (Å²) in [6.45, 7) is 17.3. The predicted molar refractivity (Wildman–Crippen MR) is 97.6 cm³/mol. The van der Waals surface area contributed by atoms with Gasteiger partial charge in [0.2, 0.25) is 0 Å². The average molecular weight is 357 g/mol. The van der Waals surface area contributed by atoms with Crippen LogP contribution in [0.1, 0.15) is 48.0 Å². The molecule has 1 fully saturated rings. The van der Waals surface area contributed by atoms with Crippen molar-refractivity contribution in [2.24, 2.45) is 10.5 Å². The van der Waals surface area contributed by atoms with Crippen LogP contribution in [0.5, 0.6) is 0 Å². The van der Waals surface area contributed by atoms with Crippen molar-refractivity contribution < 1.29 is 14.3 Å². The molecule has 1 amide bonds. The minimum Gasteiger partial charge on any atom is -0.465 e. The number of carbonyl (C=O) groups is 1. The molecule has 1 rings (SSSR count). The van der Waals surface area contributed by atoms with Crippen molar-refractivity contribution in [3.05, 3.63) is 10.4 Å². The molecule has 0 radical (unpaired) electrons. The van der Waals surface area contributed by atoms with E-state index in [1.54, 1.807) is 0 Å². The van der Waals surface area contributed by atoms with E-state index in [0.29, 0.717) is 13.0 Å². The second kappa shape index (κ2) is 6.58. The molecule has 0 unspecified atom stereocenters. The first-order valence-corrected chi connectivity index (χ1v) is 11.3. The summed E-state index contributed by atoms with van der Waals surface area (Å²) in [6.07, 6.45) is -0.608. The summed E-state index contributed by atoms with van der Waals surface area (Å²) in [5, 5.41) is 13.5. The Morgan fingerprint density at radius 1 is 1.38 bits per heavy atom. The molecule has 0 aromatic rings. The van der Waals surface area contributed by atoms with E-state index in [2.05, 4.69) is 43.9 Å². The summed E-state index contributed by atoms with van der Waals surface area (Å²) in [5.41, 5.74) is 7.64. The summed E-state index contributed by atoms with van der Waals surface area (Å²) in [6, 6.07) is 0. The molecule has 0 saturated carbocycles. The minimum absolute atomic E-state index is 0.0544. The molecule has 0 aromatic heterocycles. The topological polar surface area (TPSA) is 98.5 Å². The van der Waals surface area contributed by atoms with E-state index >= 15 is 0 Å². The van der Waals surface area contributed by atoms with E-state index < -0.39 is 19.9 Å². The fourth-order valence-corrected chi connectivity index (χ4v) is 4.45. The maximum atomic E-state index is 11.9. The number of hydrogen-bond donors (Lipinski definition) is 1.